The molecule has 0 N–H and O–H groups in total. The molecule has 0 saturated carbocycles. The number of rotatable bonds is 9. The predicted octanol–water partition coefficient (Wildman–Crippen LogP) is 21.7. The monoisotopic (exact) mass is 1040 g/mol. The van der Waals surface area contributed by atoms with Crippen LogP contribution in [0.4, 0.5) is 51.2 Å². The van der Waals surface area contributed by atoms with Crippen LogP contribution in [-0.2, 0) is 5.41 Å². The molecule has 0 spiro atoms. The average Bonchev–Trinajstić information content (AvgIpc) is 3.27. The maximum absolute atomic E-state index is 2.44. The zero-order chi connectivity index (χ0) is 54.1. The van der Waals surface area contributed by atoms with Crippen molar-refractivity contribution < 1.29 is 0 Å². The van der Waals surface area contributed by atoms with Crippen molar-refractivity contribution in [2.24, 2.45) is 0 Å². The molecule has 0 aliphatic carbocycles. The van der Waals surface area contributed by atoms with Crippen molar-refractivity contribution in [3.8, 4) is 0 Å². The molecule has 15 aromatic carbocycles. The second-order valence-electron chi connectivity index (χ2n) is 21.5. The van der Waals surface area contributed by atoms with Crippen LogP contribution in [0.1, 0.15) is 22.3 Å². The summed E-state index contributed by atoms with van der Waals surface area (Å²) in [5.41, 5.74) is 13.9. The number of fused-ring (bicyclic) bond motifs is 14. The highest BCUT2D eigenvalue weighted by atomic mass is 15.2. The SMILES string of the molecule is c1ccc(N(c2ccc(C3(c4ccc(N(c5ccccc5)c5ccc6c7ccccc7c7ccccc7c6c5)cc4)c4ccccc4N(c4ccccc4)c4ccccc43)cc2)c2ccc3c4ccccc4c4ccccc4c3c2)cc1. The van der Waals surface area contributed by atoms with Crippen molar-refractivity contribution in [2.75, 3.05) is 14.7 Å². The van der Waals surface area contributed by atoms with Gasteiger partial charge in [-0.25, -0.2) is 0 Å². The van der Waals surface area contributed by atoms with E-state index in [1.165, 1.54) is 86.9 Å². The van der Waals surface area contributed by atoms with E-state index in [2.05, 4.69) is 336 Å². The largest absolute Gasteiger partial charge is 0.310 e. The maximum Gasteiger partial charge on any atom is 0.0742 e. The fourth-order valence-electron chi connectivity index (χ4n) is 13.7. The van der Waals surface area contributed by atoms with E-state index in [1.807, 2.05) is 0 Å². The molecule has 0 amide bonds. The molecular formula is C79H53N3. The molecule has 3 nitrogen and oxygen atoms in total. The average molecular weight is 1040 g/mol. The molecule has 1 aliphatic heterocycles. The minimum Gasteiger partial charge on any atom is -0.310 e. The number of nitrogens with zero attached hydrogens (tertiary/aromatic N) is 3. The van der Waals surface area contributed by atoms with Crippen LogP contribution in [0.15, 0.2) is 322 Å². The van der Waals surface area contributed by atoms with E-state index in [4.69, 9.17) is 0 Å². The van der Waals surface area contributed by atoms with Gasteiger partial charge in [-0.15, -0.1) is 0 Å². The minimum atomic E-state index is -0.740. The first-order chi connectivity index (χ1) is 40.7. The van der Waals surface area contributed by atoms with Crippen LogP contribution < -0.4 is 14.7 Å². The van der Waals surface area contributed by atoms with Crippen LogP contribution in [-0.4, -0.2) is 0 Å². The van der Waals surface area contributed by atoms with Gasteiger partial charge in [0, 0.05) is 39.8 Å². The molecule has 0 bridgehead atoms. The first-order valence-corrected chi connectivity index (χ1v) is 28.3. The van der Waals surface area contributed by atoms with Gasteiger partial charge in [0.1, 0.15) is 0 Å². The Morgan fingerprint density at radius 3 is 0.841 bits per heavy atom. The summed E-state index contributed by atoms with van der Waals surface area (Å²) in [7, 11) is 0. The van der Waals surface area contributed by atoms with E-state index < -0.39 is 5.41 Å². The normalized spacial score (nSPS) is 12.7. The topological polar surface area (TPSA) is 9.72 Å². The van der Waals surface area contributed by atoms with Crippen LogP contribution >= 0.6 is 0 Å². The van der Waals surface area contributed by atoms with Crippen LogP contribution in [0.25, 0.3) is 64.6 Å². The molecule has 15 aromatic rings. The first-order valence-electron chi connectivity index (χ1n) is 28.3. The molecule has 0 saturated heterocycles. The van der Waals surface area contributed by atoms with Gasteiger partial charge >= 0.3 is 0 Å². The van der Waals surface area contributed by atoms with Gasteiger partial charge in [0.2, 0.25) is 0 Å². The van der Waals surface area contributed by atoms with Gasteiger partial charge in [-0.2, -0.15) is 0 Å². The van der Waals surface area contributed by atoms with Crippen molar-refractivity contribution >= 4 is 116 Å². The van der Waals surface area contributed by atoms with Gasteiger partial charge < -0.3 is 14.7 Å². The summed E-state index contributed by atoms with van der Waals surface area (Å²) in [5.74, 6) is 0. The van der Waals surface area contributed by atoms with Crippen LogP contribution in [0.2, 0.25) is 0 Å². The van der Waals surface area contributed by atoms with Gasteiger partial charge in [-0.05, 0) is 184 Å². The Hall–Kier alpha value is -10.7. The van der Waals surface area contributed by atoms with Crippen molar-refractivity contribution in [3.63, 3.8) is 0 Å². The summed E-state index contributed by atoms with van der Waals surface area (Å²) in [4.78, 5) is 7.26. The van der Waals surface area contributed by atoms with E-state index in [1.54, 1.807) is 0 Å². The molecular weight excluding hydrogens is 991 g/mol. The summed E-state index contributed by atoms with van der Waals surface area (Å²) in [5, 5.41) is 15.1. The molecule has 82 heavy (non-hydrogen) atoms. The lowest BCUT2D eigenvalue weighted by Gasteiger charge is -2.46. The second-order valence-corrected chi connectivity index (χ2v) is 21.5. The predicted molar refractivity (Wildman–Crippen MR) is 347 cm³/mol. The highest BCUT2D eigenvalue weighted by Crippen LogP contribution is 2.58. The summed E-state index contributed by atoms with van der Waals surface area (Å²) < 4.78 is 0. The molecule has 0 atom stereocenters. The minimum absolute atomic E-state index is 0.740. The summed E-state index contributed by atoms with van der Waals surface area (Å²) in [6, 6.07) is 119. The lowest BCUT2D eigenvalue weighted by Crippen LogP contribution is -2.37. The van der Waals surface area contributed by atoms with Gasteiger partial charge in [0.05, 0.1) is 16.8 Å². The van der Waals surface area contributed by atoms with Crippen molar-refractivity contribution in [3.05, 3.63) is 344 Å². The Bertz CT molecular complexity index is 4560. The fraction of sp³-hybridized carbons (Fsp3) is 0.0127. The van der Waals surface area contributed by atoms with Crippen LogP contribution in [0, 0.1) is 0 Å². The highest BCUT2D eigenvalue weighted by Gasteiger charge is 2.46. The van der Waals surface area contributed by atoms with E-state index in [9.17, 15) is 0 Å². The molecule has 16 rings (SSSR count). The number of anilines is 9. The van der Waals surface area contributed by atoms with E-state index >= 15 is 0 Å². The van der Waals surface area contributed by atoms with Crippen LogP contribution in [0.3, 0.4) is 0 Å². The third kappa shape index (κ3) is 7.37. The summed E-state index contributed by atoms with van der Waals surface area (Å²) in [6.45, 7) is 0. The quantitative estimate of drug-likeness (QED) is 0.133. The van der Waals surface area contributed by atoms with Crippen molar-refractivity contribution in [2.45, 2.75) is 5.41 Å². The molecule has 3 heteroatoms. The van der Waals surface area contributed by atoms with Gasteiger partial charge in [0.15, 0.2) is 0 Å². The van der Waals surface area contributed by atoms with Crippen molar-refractivity contribution in [1.82, 2.24) is 0 Å². The van der Waals surface area contributed by atoms with Crippen LogP contribution in [0.5, 0.6) is 0 Å². The van der Waals surface area contributed by atoms with Gasteiger partial charge in [0.25, 0.3) is 0 Å². The number of benzene rings is 15. The van der Waals surface area contributed by atoms with E-state index in [0.29, 0.717) is 0 Å². The molecule has 1 heterocycles. The summed E-state index contributed by atoms with van der Waals surface area (Å²) in [6.07, 6.45) is 0. The second kappa shape index (κ2) is 19.3. The standard InChI is InChI=1S/C79H53N3/c1-4-22-56(23-5-1)80(61-48-50-71-67-32-12-10-28-63(67)65-30-14-16-34-69(65)73(71)52-61)59-44-40-54(41-45-59)79(75-36-18-20-38-77(75)82(58-26-8-3-9-27-58)78-39-21-19-37-76(78)79)55-42-46-60(47-43-55)81(57-24-6-2-7-25-57)62-49-51-72-68-33-13-11-29-64(68)66-31-15-17-35-70(66)74(72)53-62/h1-53H. The zero-order valence-electron chi connectivity index (χ0n) is 44.9. The van der Waals surface area contributed by atoms with E-state index in [-0.39, 0.29) is 0 Å². The Labute approximate surface area is 477 Å². The molecule has 1 aliphatic rings. The first kappa shape index (κ1) is 47.3. The fourth-order valence-corrected chi connectivity index (χ4v) is 13.7. The molecule has 0 fully saturated rings. The van der Waals surface area contributed by atoms with Gasteiger partial charge in [-0.3, -0.25) is 0 Å². The highest BCUT2D eigenvalue weighted by molar-refractivity contribution is 6.27. The smallest absolute Gasteiger partial charge is 0.0742 e. The lowest BCUT2D eigenvalue weighted by molar-refractivity contribution is 0.731. The third-order valence-electron chi connectivity index (χ3n) is 17.2. The Kier molecular flexibility index (Phi) is 11.1. The zero-order valence-corrected chi connectivity index (χ0v) is 44.9. The summed E-state index contributed by atoms with van der Waals surface area (Å²) >= 11 is 0. The number of hydrogen-bond donors (Lipinski definition) is 0. The van der Waals surface area contributed by atoms with Gasteiger partial charge in [-0.1, -0.05) is 224 Å². The Morgan fingerprint density at radius 2 is 0.476 bits per heavy atom. The molecule has 0 unspecified atom stereocenters. The Balaban J connectivity index is 0.890. The van der Waals surface area contributed by atoms with Crippen molar-refractivity contribution in [1.29, 1.82) is 0 Å². The maximum atomic E-state index is 2.44. The third-order valence-corrected chi connectivity index (χ3v) is 17.2. The molecule has 0 radical (unpaired) electrons. The lowest BCUT2D eigenvalue weighted by atomic mass is 9.62. The van der Waals surface area contributed by atoms with E-state index in [0.717, 1.165) is 51.2 Å². The Morgan fingerprint density at radius 1 is 0.207 bits per heavy atom. The molecule has 384 valence electrons. The number of hydrogen-bond acceptors (Lipinski definition) is 3. The number of para-hydroxylation sites is 5. The molecule has 0 aromatic heterocycles.